The van der Waals surface area contributed by atoms with Crippen molar-refractivity contribution < 1.29 is 28.6 Å². The maximum Gasteiger partial charge on any atom is 0.306 e. The van der Waals surface area contributed by atoms with Crippen LogP contribution in [-0.4, -0.2) is 37.2 Å². The van der Waals surface area contributed by atoms with Gasteiger partial charge in [0.25, 0.3) is 0 Å². The zero-order chi connectivity index (χ0) is 55.0. The van der Waals surface area contributed by atoms with E-state index >= 15 is 0 Å². The Morgan fingerprint density at radius 1 is 0.276 bits per heavy atom. The molecule has 6 heteroatoms. The quantitative estimate of drug-likeness (QED) is 0.0261. The summed E-state index contributed by atoms with van der Waals surface area (Å²) in [6, 6.07) is 0. The van der Waals surface area contributed by atoms with E-state index in [2.05, 4.69) is 81.5 Å². The van der Waals surface area contributed by atoms with Gasteiger partial charge in [0, 0.05) is 19.3 Å². The van der Waals surface area contributed by atoms with Gasteiger partial charge in [-0.05, 0) is 83.5 Å². The largest absolute Gasteiger partial charge is 0.462 e. The zero-order valence-electron chi connectivity index (χ0n) is 50.8. The highest BCUT2D eigenvalue weighted by Crippen LogP contribution is 2.18. The molecule has 0 aliphatic carbocycles. The van der Waals surface area contributed by atoms with Crippen molar-refractivity contribution in [3.8, 4) is 0 Å². The van der Waals surface area contributed by atoms with Crippen molar-refractivity contribution in [1.29, 1.82) is 0 Å². The third-order valence-electron chi connectivity index (χ3n) is 14.8. The number of hydrogen-bond donors (Lipinski definition) is 0. The van der Waals surface area contributed by atoms with E-state index in [-0.39, 0.29) is 31.1 Å². The molecule has 0 N–H and O–H groups in total. The van der Waals surface area contributed by atoms with Crippen LogP contribution >= 0.6 is 0 Å². The van der Waals surface area contributed by atoms with Crippen LogP contribution in [0.5, 0.6) is 0 Å². The van der Waals surface area contributed by atoms with Gasteiger partial charge in [-0.2, -0.15) is 0 Å². The van der Waals surface area contributed by atoms with E-state index in [1.807, 2.05) is 0 Å². The first-order chi connectivity index (χ1) is 37.5. The molecular formula is C70H126O6. The van der Waals surface area contributed by atoms with Crippen LogP contribution in [-0.2, 0) is 28.6 Å². The summed E-state index contributed by atoms with van der Waals surface area (Å²) in [5, 5.41) is 0. The summed E-state index contributed by atoms with van der Waals surface area (Å²) in [6.45, 7) is 6.53. The van der Waals surface area contributed by atoms with E-state index in [9.17, 15) is 14.4 Å². The Labute approximate surface area is 472 Å². The van der Waals surface area contributed by atoms with Crippen molar-refractivity contribution in [2.24, 2.45) is 0 Å². The van der Waals surface area contributed by atoms with Gasteiger partial charge in [0.05, 0.1) is 0 Å². The molecular weight excluding hydrogens is 937 g/mol. The molecule has 0 fully saturated rings. The normalized spacial score (nSPS) is 12.4. The highest BCUT2D eigenvalue weighted by Gasteiger charge is 2.19. The monoisotopic (exact) mass is 1060 g/mol. The standard InChI is InChI=1S/C70H126O6/c1-4-7-10-13-16-19-22-24-25-26-27-28-29-30-31-32-33-34-35-36-37-38-39-40-41-42-43-44-45-47-48-51-54-57-60-63-69(72)75-66-67(65-74-68(71)62-59-56-53-50-21-18-15-12-9-6-3)76-70(73)64-61-58-55-52-49-46-23-20-17-14-11-8-5-2/h7,10,16,19-20,23-25,27-28,67H,4-6,8-9,11-15,17-18,21-22,26,29-66H2,1-3H3/b10-7-,19-16-,23-20-,25-24-,28-27-. The molecule has 0 rings (SSSR count). The molecule has 0 aliphatic rings. The molecule has 1 atom stereocenters. The van der Waals surface area contributed by atoms with Gasteiger partial charge >= 0.3 is 17.9 Å². The number of hydrogen-bond acceptors (Lipinski definition) is 6. The fourth-order valence-electron chi connectivity index (χ4n) is 9.79. The van der Waals surface area contributed by atoms with E-state index in [4.69, 9.17) is 14.2 Å². The summed E-state index contributed by atoms with van der Waals surface area (Å²) in [7, 11) is 0. The van der Waals surface area contributed by atoms with Crippen LogP contribution in [0.3, 0.4) is 0 Å². The lowest BCUT2D eigenvalue weighted by atomic mass is 10.0. The summed E-state index contributed by atoms with van der Waals surface area (Å²) in [5.41, 5.74) is 0. The highest BCUT2D eigenvalue weighted by atomic mass is 16.6. The molecule has 0 saturated carbocycles. The minimum absolute atomic E-state index is 0.0713. The van der Waals surface area contributed by atoms with Gasteiger partial charge in [-0.15, -0.1) is 0 Å². The van der Waals surface area contributed by atoms with Crippen molar-refractivity contribution in [3.63, 3.8) is 0 Å². The average molecular weight is 1060 g/mol. The Morgan fingerprint density at radius 2 is 0.513 bits per heavy atom. The molecule has 6 nitrogen and oxygen atoms in total. The van der Waals surface area contributed by atoms with Crippen molar-refractivity contribution in [2.45, 2.75) is 354 Å². The first-order valence-electron chi connectivity index (χ1n) is 33.3. The molecule has 0 heterocycles. The molecule has 442 valence electrons. The van der Waals surface area contributed by atoms with Gasteiger partial charge in [0.1, 0.15) is 13.2 Å². The van der Waals surface area contributed by atoms with E-state index in [0.29, 0.717) is 19.3 Å². The number of unbranched alkanes of at least 4 members (excludes halogenated alkanes) is 40. The fourth-order valence-corrected chi connectivity index (χ4v) is 9.79. The molecule has 0 aromatic rings. The third kappa shape index (κ3) is 62.0. The molecule has 0 amide bonds. The predicted octanol–water partition coefficient (Wildman–Crippen LogP) is 22.7. The van der Waals surface area contributed by atoms with E-state index in [1.54, 1.807) is 0 Å². The molecule has 0 spiro atoms. The van der Waals surface area contributed by atoms with Gasteiger partial charge in [0.15, 0.2) is 6.10 Å². The van der Waals surface area contributed by atoms with Gasteiger partial charge in [-0.3, -0.25) is 14.4 Å². The van der Waals surface area contributed by atoms with Gasteiger partial charge in [-0.25, -0.2) is 0 Å². The molecule has 0 aromatic heterocycles. The van der Waals surface area contributed by atoms with E-state index in [1.165, 1.54) is 218 Å². The van der Waals surface area contributed by atoms with Gasteiger partial charge in [0.2, 0.25) is 0 Å². The number of allylic oxidation sites excluding steroid dienone is 10. The van der Waals surface area contributed by atoms with Crippen LogP contribution in [0.25, 0.3) is 0 Å². The number of carbonyl (C=O) groups excluding carboxylic acids is 3. The lowest BCUT2D eigenvalue weighted by Gasteiger charge is -2.18. The Morgan fingerprint density at radius 3 is 0.829 bits per heavy atom. The Kier molecular flexibility index (Phi) is 62.2. The van der Waals surface area contributed by atoms with E-state index < -0.39 is 6.10 Å². The number of carbonyl (C=O) groups is 3. The molecule has 0 bridgehead atoms. The highest BCUT2D eigenvalue weighted by molar-refractivity contribution is 5.71. The summed E-state index contributed by atoms with van der Waals surface area (Å²) < 4.78 is 16.9. The topological polar surface area (TPSA) is 78.9 Å². The molecule has 0 aromatic carbocycles. The first-order valence-corrected chi connectivity index (χ1v) is 33.3. The summed E-state index contributed by atoms with van der Waals surface area (Å²) in [5.74, 6) is -0.863. The number of ether oxygens (including phenoxy) is 3. The minimum atomic E-state index is -0.772. The number of esters is 3. The van der Waals surface area contributed by atoms with Crippen molar-refractivity contribution in [1.82, 2.24) is 0 Å². The molecule has 0 saturated heterocycles. The second-order valence-electron chi connectivity index (χ2n) is 22.4. The average Bonchev–Trinajstić information content (AvgIpc) is 3.42. The smallest absolute Gasteiger partial charge is 0.306 e. The van der Waals surface area contributed by atoms with E-state index in [0.717, 1.165) is 89.9 Å². The molecule has 76 heavy (non-hydrogen) atoms. The van der Waals surface area contributed by atoms with Crippen LogP contribution in [0.1, 0.15) is 348 Å². The van der Waals surface area contributed by atoms with Crippen LogP contribution in [0.2, 0.25) is 0 Å². The van der Waals surface area contributed by atoms with Crippen LogP contribution in [0, 0.1) is 0 Å². The SMILES string of the molecule is CC/C=C\C/C=C\C/C=C\C/C=C\CCCCCCCCCCCCCCCCCCCCCCCCC(=O)OCC(COC(=O)CCCCCCCCCCCC)OC(=O)CCCCCCC/C=C\CCCCCC. The lowest BCUT2D eigenvalue weighted by molar-refractivity contribution is -0.167. The maximum absolute atomic E-state index is 12.8. The lowest BCUT2D eigenvalue weighted by Crippen LogP contribution is -2.30. The summed E-state index contributed by atoms with van der Waals surface area (Å²) >= 11 is 0. The maximum atomic E-state index is 12.8. The minimum Gasteiger partial charge on any atom is -0.462 e. The first kappa shape index (κ1) is 73.1. The Hall–Kier alpha value is -2.89. The molecule has 0 aliphatic heterocycles. The molecule has 0 radical (unpaired) electrons. The fraction of sp³-hybridized carbons (Fsp3) is 0.814. The Bertz CT molecular complexity index is 1360. The van der Waals surface area contributed by atoms with Gasteiger partial charge in [-0.1, -0.05) is 306 Å². The number of rotatable bonds is 61. The predicted molar refractivity (Wildman–Crippen MR) is 330 cm³/mol. The van der Waals surface area contributed by atoms with Crippen LogP contribution < -0.4 is 0 Å². The second kappa shape index (κ2) is 64.6. The zero-order valence-corrected chi connectivity index (χ0v) is 50.8. The van der Waals surface area contributed by atoms with Crippen molar-refractivity contribution in [3.05, 3.63) is 60.8 Å². The molecule has 1 unspecified atom stereocenters. The van der Waals surface area contributed by atoms with Crippen molar-refractivity contribution >= 4 is 17.9 Å². The van der Waals surface area contributed by atoms with Gasteiger partial charge < -0.3 is 14.2 Å². The third-order valence-corrected chi connectivity index (χ3v) is 14.8. The summed E-state index contributed by atoms with van der Waals surface area (Å²) in [4.78, 5) is 38.1. The second-order valence-corrected chi connectivity index (χ2v) is 22.4. The van der Waals surface area contributed by atoms with Crippen molar-refractivity contribution in [2.75, 3.05) is 13.2 Å². The van der Waals surface area contributed by atoms with Crippen LogP contribution in [0.4, 0.5) is 0 Å². The Balaban J connectivity index is 3.98. The summed E-state index contributed by atoms with van der Waals surface area (Å²) in [6.07, 6.45) is 82.7. The van der Waals surface area contributed by atoms with Crippen LogP contribution in [0.15, 0.2) is 60.8 Å².